The van der Waals surface area contributed by atoms with Crippen LogP contribution in [0.15, 0.2) is 35.3 Å². The van der Waals surface area contributed by atoms with Gasteiger partial charge in [0.05, 0.1) is 6.04 Å². The molecule has 0 radical (unpaired) electrons. The lowest BCUT2D eigenvalue weighted by atomic mass is 10.1. The molecule has 1 atom stereocenters. The average molecular weight is 161 g/mol. The lowest BCUT2D eigenvalue weighted by Crippen LogP contribution is -2.01. The topological polar surface area (TPSA) is 29.4 Å². The second kappa shape index (κ2) is 4.47. The summed E-state index contributed by atoms with van der Waals surface area (Å²) in [5, 5.41) is 0. The third-order valence-corrected chi connectivity index (χ3v) is 1.65. The van der Waals surface area contributed by atoms with Crippen LogP contribution in [-0.2, 0) is 11.2 Å². The van der Waals surface area contributed by atoms with Gasteiger partial charge >= 0.3 is 0 Å². The van der Waals surface area contributed by atoms with Gasteiger partial charge in [-0.15, -0.1) is 0 Å². The number of aliphatic imine (C=N–C) groups is 1. The Bertz CT molecular complexity index is 275. The predicted molar refractivity (Wildman–Crippen MR) is 47.7 cm³/mol. The number of hydrogen-bond acceptors (Lipinski definition) is 2. The van der Waals surface area contributed by atoms with Gasteiger partial charge in [0.2, 0.25) is 6.08 Å². The van der Waals surface area contributed by atoms with Gasteiger partial charge in [0.15, 0.2) is 0 Å². The lowest BCUT2D eigenvalue weighted by molar-refractivity contribution is 0.558. The zero-order valence-corrected chi connectivity index (χ0v) is 7.03. The zero-order valence-electron chi connectivity index (χ0n) is 7.03. The fourth-order valence-electron chi connectivity index (χ4n) is 1.09. The summed E-state index contributed by atoms with van der Waals surface area (Å²) in [6, 6.07) is 10.0. The molecule has 0 N–H and O–H groups in total. The first-order chi connectivity index (χ1) is 5.83. The van der Waals surface area contributed by atoms with Crippen molar-refractivity contribution in [1.82, 2.24) is 0 Å². The van der Waals surface area contributed by atoms with Crippen molar-refractivity contribution in [1.29, 1.82) is 0 Å². The minimum Gasteiger partial charge on any atom is -0.211 e. The first kappa shape index (κ1) is 8.69. The van der Waals surface area contributed by atoms with E-state index < -0.39 is 0 Å². The monoisotopic (exact) mass is 161 g/mol. The SMILES string of the molecule is C[C@H](Cc1ccccc1)N=C=O. The number of carbonyl (C=O) groups excluding carboxylic acids is 1. The molecule has 0 heterocycles. The zero-order chi connectivity index (χ0) is 8.81. The Morgan fingerprint density at radius 2 is 2.08 bits per heavy atom. The molecule has 0 saturated heterocycles. The van der Waals surface area contributed by atoms with E-state index in [4.69, 9.17) is 0 Å². The molecular weight excluding hydrogens is 150 g/mol. The maximum Gasteiger partial charge on any atom is 0.235 e. The first-order valence-electron chi connectivity index (χ1n) is 3.94. The normalized spacial score (nSPS) is 11.8. The molecule has 0 amide bonds. The molecule has 1 rings (SSSR count). The first-order valence-corrected chi connectivity index (χ1v) is 3.94. The van der Waals surface area contributed by atoms with E-state index in [0.717, 1.165) is 6.42 Å². The maximum atomic E-state index is 9.91. The van der Waals surface area contributed by atoms with Gasteiger partial charge in [0, 0.05) is 0 Å². The third-order valence-electron chi connectivity index (χ3n) is 1.65. The summed E-state index contributed by atoms with van der Waals surface area (Å²) < 4.78 is 0. The molecule has 2 heteroatoms. The van der Waals surface area contributed by atoms with Crippen LogP contribution in [0.25, 0.3) is 0 Å². The quantitative estimate of drug-likeness (QED) is 0.492. The lowest BCUT2D eigenvalue weighted by Gasteiger charge is -2.02. The third kappa shape index (κ3) is 2.69. The summed E-state index contributed by atoms with van der Waals surface area (Å²) in [5.41, 5.74) is 1.20. The van der Waals surface area contributed by atoms with Gasteiger partial charge in [-0.2, -0.15) is 0 Å². The molecule has 2 nitrogen and oxygen atoms in total. The summed E-state index contributed by atoms with van der Waals surface area (Å²) in [4.78, 5) is 13.5. The fourth-order valence-corrected chi connectivity index (χ4v) is 1.09. The minimum atomic E-state index is 0.0323. The highest BCUT2D eigenvalue weighted by molar-refractivity contribution is 5.33. The van der Waals surface area contributed by atoms with E-state index in [1.165, 1.54) is 5.56 Å². The molecule has 0 saturated carbocycles. The smallest absolute Gasteiger partial charge is 0.211 e. The summed E-state index contributed by atoms with van der Waals surface area (Å²) in [5.74, 6) is 0. The Hall–Kier alpha value is -1.40. The Morgan fingerprint density at radius 1 is 1.42 bits per heavy atom. The number of isocyanates is 1. The van der Waals surface area contributed by atoms with Crippen molar-refractivity contribution in [3.05, 3.63) is 35.9 Å². The van der Waals surface area contributed by atoms with Gasteiger partial charge in [-0.25, -0.2) is 9.79 Å². The van der Waals surface area contributed by atoms with Gasteiger partial charge in [0.1, 0.15) is 0 Å². The summed E-state index contributed by atoms with van der Waals surface area (Å²) in [6.45, 7) is 1.90. The molecule has 0 unspecified atom stereocenters. The standard InChI is InChI=1S/C10H11NO/c1-9(11-8-12)7-10-5-3-2-4-6-10/h2-6,9H,7H2,1H3/t9-/m1/s1. The van der Waals surface area contributed by atoms with Crippen LogP contribution in [0, 0.1) is 0 Å². The van der Waals surface area contributed by atoms with Crippen molar-refractivity contribution in [3.63, 3.8) is 0 Å². The van der Waals surface area contributed by atoms with E-state index >= 15 is 0 Å². The van der Waals surface area contributed by atoms with E-state index in [1.54, 1.807) is 6.08 Å². The highest BCUT2D eigenvalue weighted by atomic mass is 16.1. The average Bonchev–Trinajstić information content (AvgIpc) is 2.06. The molecule has 0 spiro atoms. The predicted octanol–water partition coefficient (Wildman–Crippen LogP) is 1.95. The van der Waals surface area contributed by atoms with E-state index in [9.17, 15) is 4.79 Å². The van der Waals surface area contributed by atoms with Crippen LogP contribution in [0.2, 0.25) is 0 Å². The van der Waals surface area contributed by atoms with Crippen LogP contribution < -0.4 is 0 Å². The largest absolute Gasteiger partial charge is 0.235 e. The summed E-state index contributed by atoms with van der Waals surface area (Å²) >= 11 is 0. The minimum absolute atomic E-state index is 0.0323. The maximum absolute atomic E-state index is 9.91. The van der Waals surface area contributed by atoms with Crippen LogP contribution in [0.5, 0.6) is 0 Å². The molecule has 62 valence electrons. The fraction of sp³-hybridized carbons (Fsp3) is 0.300. The Labute approximate surface area is 71.9 Å². The van der Waals surface area contributed by atoms with Crippen LogP contribution in [0.3, 0.4) is 0 Å². The van der Waals surface area contributed by atoms with Crippen molar-refractivity contribution < 1.29 is 4.79 Å². The van der Waals surface area contributed by atoms with E-state index in [0.29, 0.717) is 0 Å². The number of hydrogen-bond donors (Lipinski definition) is 0. The number of benzene rings is 1. The van der Waals surface area contributed by atoms with Crippen molar-refractivity contribution in [2.75, 3.05) is 0 Å². The second-order valence-corrected chi connectivity index (χ2v) is 2.76. The van der Waals surface area contributed by atoms with Crippen molar-refractivity contribution >= 4 is 6.08 Å². The second-order valence-electron chi connectivity index (χ2n) is 2.76. The molecule has 0 aliphatic carbocycles. The van der Waals surface area contributed by atoms with Crippen LogP contribution in [0.4, 0.5) is 0 Å². The van der Waals surface area contributed by atoms with Gasteiger partial charge in [-0.1, -0.05) is 30.3 Å². The molecule has 0 aliphatic heterocycles. The molecular formula is C10H11NO. The van der Waals surface area contributed by atoms with Crippen LogP contribution >= 0.6 is 0 Å². The van der Waals surface area contributed by atoms with Crippen LogP contribution in [-0.4, -0.2) is 12.1 Å². The van der Waals surface area contributed by atoms with E-state index in [1.807, 2.05) is 37.3 Å². The molecule has 12 heavy (non-hydrogen) atoms. The van der Waals surface area contributed by atoms with Crippen molar-refractivity contribution in [2.45, 2.75) is 19.4 Å². The Kier molecular flexibility index (Phi) is 3.24. The van der Waals surface area contributed by atoms with Crippen molar-refractivity contribution in [2.24, 2.45) is 4.99 Å². The highest BCUT2D eigenvalue weighted by Crippen LogP contribution is 2.04. The highest BCUT2D eigenvalue weighted by Gasteiger charge is 1.99. The number of rotatable bonds is 3. The Morgan fingerprint density at radius 3 is 2.67 bits per heavy atom. The van der Waals surface area contributed by atoms with E-state index in [2.05, 4.69) is 4.99 Å². The molecule has 1 aromatic rings. The molecule has 0 aliphatic rings. The van der Waals surface area contributed by atoms with Gasteiger partial charge in [-0.3, -0.25) is 0 Å². The molecule has 1 aromatic carbocycles. The van der Waals surface area contributed by atoms with Crippen LogP contribution in [0.1, 0.15) is 12.5 Å². The summed E-state index contributed by atoms with van der Waals surface area (Å²) in [7, 11) is 0. The number of nitrogens with zero attached hydrogens (tertiary/aromatic N) is 1. The molecule has 0 fully saturated rings. The molecule has 0 bridgehead atoms. The van der Waals surface area contributed by atoms with E-state index in [-0.39, 0.29) is 6.04 Å². The molecule has 0 aromatic heterocycles. The summed E-state index contributed by atoms with van der Waals surface area (Å²) in [6.07, 6.45) is 2.36. The Balaban J connectivity index is 2.58. The van der Waals surface area contributed by atoms with Gasteiger partial charge < -0.3 is 0 Å². The van der Waals surface area contributed by atoms with Gasteiger partial charge in [-0.05, 0) is 18.9 Å². The van der Waals surface area contributed by atoms with Gasteiger partial charge in [0.25, 0.3) is 0 Å². The van der Waals surface area contributed by atoms with Crippen molar-refractivity contribution in [3.8, 4) is 0 Å².